The van der Waals surface area contributed by atoms with Crippen LogP contribution >= 0.6 is 0 Å². The fourth-order valence-electron chi connectivity index (χ4n) is 7.42. The number of ketones is 1. The predicted molar refractivity (Wildman–Crippen MR) is 141 cm³/mol. The zero-order valence-electron chi connectivity index (χ0n) is 22.3. The maximum absolute atomic E-state index is 12.8. The van der Waals surface area contributed by atoms with E-state index in [1.165, 1.54) is 5.57 Å². The van der Waals surface area contributed by atoms with E-state index in [4.69, 9.17) is 5.11 Å². The number of aliphatic hydroxyl groups is 5. The molecule has 0 spiro atoms. The Bertz CT molecular complexity index is 712. The van der Waals surface area contributed by atoms with Gasteiger partial charge in [0, 0.05) is 13.5 Å². The second kappa shape index (κ2) is 12.6. The Morgan fingerprint density at radius 2 is 1.69 bits per heavy atom. The van der Waals surface area contributed by atoms with Crippen molar-refractivity contribution in [3.63, 3.8) is 0 Å². The second-order valence-corrected chi connectivity index (χ2v) is 12.3. The van der Waals surface area contributed by atoms with E-state index in [0.717, 1.165) is 39.2 Å². The Morgan fingerprint density at radius 3 is 2.26 bits per heavy atom. The Labute approximate surface area is 213 Å². The van der Waals surface area contributed by atoms with E-state index in [9.17, 15) is 25.2 Å². The maximum atomic E-state index is 12.8. The van der Waals surface area contributed by atoms with Crippen molar-refractivity contribution in [2.24, 2.45) is 28.6 Å². The van der Waals surface area contributed by atoms with Gasteiger partial charge in [-0.3, -0.25) is 4.79 Å². The Balaban J connectivity index is 0.00000199. The molecule has 0 saturated heterocycles. The Morgan fingerprint density at radius 1 is 1.06 bits per heavy atom. The quantitative estimate of drug-likeness (QED) is 0.321. The maximum Gasteiger partial charge on any atom is 0.156 e. The smallest absolute Gasteiger partial charge is 0.156 e. The van der Waals surface area contributed by atoms with E-state index in [-0.39, 0.29) is 42.0 Å². The fourth-order valence-corrected chi connectivity index (χ4v) is 7.42. The van der Waals surface area contributed by atoms with Gasteiger partial charge in [-0.05, 0) is 106 Å². The molecular weight excluding hydrogens is 444 g/mol. The molecule has 3 aliphatic carbocycles. The van der Waals surface area contributed by atoms with Crippen molar-refractivity contribution in [2.45, 2.75) is 130 Å². The molecule has 6 nitrogen and oxygen atoms in total. The zero-order chi connectivity index (χ0) is 25.9. The lowest BCUT2D eigenvalue weighted by atomic mass is 9.51. The van der Waals surface area contributed by atoms with Crippen LogP contribution in [0.1, 0.15) is 106 Å². The van der Waals surface area contributed by atoms with Crippen LogP contribution in [0.15, 0.2) is 11.6 Å². The Hall–Kier alpha value is -0.790. The lowest BCUT2D eigenvalue weighted by Gasteiger charge is -2.53. The number of hydrogen-bond acceptors (Lipinski definition) is 6. The van der Waals surface area contributed by atoms with Crippen molar-refractivity contribution < 1.29 is 30.3 Å². The van der Waals surface area contributed by atoms with Crippen molar-refractivity contribution in [1.29, 1.82) is 0 Å². The molecule has 0 aromatic heterocycles. The molecule has 0 aliphatic heterocycles. The minimum Gasteiger partial charge on any atom is -0.400 e. The Kier molecular flexibility index (Phi) is 11.6. The molecular formula is C29H54O6. The van der Waals surface area contributed by atoms with Gasteiger partial charge < -0.3 is 25.5 Å². The average molecular weight is 499 g/mol. The standard InChI is InChI=1S/C27H46O5.CH4O.CH4/c1-6-22(29)24(31)16-26(4)15-17(28)14-18-19(26)11-13-27(5)20(18)9-10-21(27)23(30)8-7-12-25(2,3)32;1-2;/h14,19-24,29-32H,6-13,15-16H2,1-5H3;2H,1H3;1H4. The van der Waals surface area contributed by atoms with Gasteiger partial charge in [-0.15, -0.1) is 0 Å². The average Bonchev–Trinajstić information content (AvgIpc) is 3.10. The van der Waals surface area contributed by atoms with Crippen LogP contribution < -0.4 is 0 Å². The number of rotatable bonds is 9. The number of fused-ring (bicyclic) bond motifs is 3. The first-order valence-electron chi connectivity index (χ1n) is 13.3. The monoisotopic (exact) mass is 498 g/mol. The molecule has 3 rings (SSSR count). The summed E-state index contributed by atoms with van der Waals surface area (Å²) in [5.41, 5.74) is 0.188. The van der Waals surface area contributed by atoms with Gasteiger partial charge in [0.05, 0.1) is 23.9 Å². The van der Waals surface area contributed by atoms with Crippen LogP contribution in [0.5, 0.6) is 0 Å². The molecule has 3 aliphatic rings. The van der Waals surface area contributed by atoms with Gasteiger partial charge in [-0.2, -0.15) is 0 Å². The summed E-state index contributed by atoms with van der Waals surface area (Å²) in [6.45, 7) is 9.92. The highest BCUT2D eigenvalue weighted by Gasteiger charge is 2.57. The van der Waals surface area contributed by atoms with E-state index < -0.39 is 17.8 Å². The number of hydrogen-bond donors (Lipinski definition) is 5. The molecule has 5 N–H and O–H groups in total. The van der Waals surface area contributed by atoms with Crippen LogP contribution in [-0.2, 0) is 4.79 Å². The minimum atomic E-state index is -0.806. The van der Waals surface area contributed by atoms with Crippen molar-refractivity contribution >= 4 is 5.78 Å². The molecule has 0 aromatic rings. The first-order chi connectivity index (χ1) is 15.8. The fraction of sp³-hybridized carbons (Fsp3) is 0.897. The second-order valence-electron chi connectivity index (χ2n) is 12.3. The predicted octanol–water partition coefficient (Wildman–Crippen LogP) is 4.40. The van der Waals surface area contributed by atoms with E-state index in [2.05, 4.69) is 13.8 Å². The van der Waals surface area contributed by atoms with Crippen LogP contribution in [0, 0.1) is 28.6 Å². The number of aliphatic hydroxyl groups excluding tert-OH is 4. The molecule has 0 heterocycles. The third kappa shape index (κ3) is 7.16. The number of carbonyl (C=O) groups is 1. The molecule has 8 atom stereocenters. The lowest BCUT2D eigenvalue weighted by molar-refractivity contribution is -0.121. The first-order valence-corrected chi connectivity index (χ1v) is 13.3. The SMILES string of the molecule is C.CCC(O)C(O)CC1(C)CC(=O)C=C2C1CCC1(C)C2CCC1C(O)CCCC(C)(C)O.CO. The van der Waals surface area contributed by atoms with E-state index >= 15 is 0 Å². The summed E-state index contributed by atoms with van der Waals surface area (Å²) in [4.78, 5) is 12.8. The van der Waals surface area contributed by atoms with Gasteiger partial charge in [0.15, 0.2) is 5.78 Å². The summed E-state index contributed by atoms with van der Waals surface area (Å²) in [5.74, 6) is 0.900. The molecule has 206 valence electrons. The van der Waals surface area contributed by atoms with Gasteiger partial charge in [0.1, 0.15) is 0 Å². The van der Waals surface area contributed by atoms with Gasteiger partial charge in [-0.25, -0.2) is 0 Å². The number of allylic oxidation sites excluding steroid dienone is 2. The normalized spacial score (nSPS) is 34.9. The summed E-state index contributed by atoms with van der Waals surface area (Å²) in [5, 5.41) is 48.8. The van der Waals surface area contributed by atoms with Gasteiger partial charge in [-0.1, -0.05) is 33.8 Å². The van der Waals surface area contributed by atoms with Crippen LogP contribution in [0.4, 0.5) is 0 Å². The number of carbonyl (C=O) groups excluding carboxylic acids is 1. The van der Waals surface area contributed by atoms with Crippen molar-refractivity contribution in [3.8, 4) is 0 Å². The van der Waals surface area contributed by atoms with Crippen LogP contribution in [0.3, 0.4) is 0 Å². The summed E-state index contributed by atoms with van der Waals surface area (Å²) in [6, 6.07) is 0. The van der Waals surface area contributed by atoms with Gasteiger partial charge >= 0.3 is 0 Å². The van der Waals surface area contributed by atoms with E-state index in [1.807, 2.05) is 26.8 Å². The topological polar surface area (TPSA) is 118 Å². The molecule has 35 heavy (non-hydrogen) atoms. The highest BCUT2D eigenvalue weighted by molar-refractivity contribution is 5.92. The molecule has 2 fully saturated rings. The highest BCUT2D eigenvalue weighted by atomic mass is 16.3. The first kappa shape index (κ1) is 32.2. The molecule has 0 amide bonds. The molecule has 2 saturated carbocycles. The summed E-state index contributed by atoms with van der Waals surface area (Å²) >= 11 is 0. The van der Waals surface area contributed by atoms with Crippen LogP contribution in [0.25, 0.3) is 0 Å². The summed E-state index contributed by atoms with van der Waals surface area (Å²) in [6.07, 6.45) is 7.48. The zero-order valence-corrected chi connectivity index (χ0v) is 22.3. The molecule has 0 radical (unpaired) electrons. The highest BCUT2D eigenvalue weighted by Crippen LogP contribution is 2.64. The minimum absolute atomic E-state index is 0. The molecule has 0 bridgehead atoms. The van der Waals surface area contributed by atoms with Gasteiger partial charge in [0.2, 0.25) is 0 Å². The summed E-state index contributed by atoms with van der Waals surface area (Å²) < 4.78 is 0. The molecule has 0 aromatic carbocycles. The van der Waals surface area contributed by atoms with E-state index in [1.54, 1.807) is 0 Å². The molecule has 8 unspecified atom stereocenters. The van der Waals surface area contributed by atoms with Crippen molar-refractivity contribution in [3.05, 3.63) is 11.6 Å². The van der Waals surface area contributed by atoms with Gasteiger partial charge in [0.25, 0.3) is 0 Å². The van der Waals surface area contributed by atoms with Crippen LogP contribution in [-0.4, -0.2) is 62.3 Å². The largest absolute Gasteiger partial charge is 0.400 e. The van der Waals surface area contributed by atoms with Crippen molar-refractivity contribution in [1.82, 2.24) is 0 Å². The van der Waals surface area contributed by atoms with Crippen LogP contribution in [0.2, 0.25) is 0 Å². The lowest BCUT2D eigenvalue weighted by Crippen LogP contribution is -2.48. The summed E-state index contributed by atoms with van der Waals surface area (Å²) in [7, 11) is 1.00. The third-order valence-electron chi connectivity index (χ3n) is 9.22. The molecule has 6 heteroatoms. The van der Waals surface area contributed by atoms with Crippen molar-refractivity contribution in [2.75, 3.05) is 7.11 Å². The van der Waals surface area contributed by atoms with E-state index in [0.29, 0.717) is 38.0 Å². The third-order valence-corrected chi connectivity index (χ3v) is 9.22.